The first-order valence-corrected chi connectivity index (χ1v) is 10.1. The molecule has 31 heavy (non-hydrogen) atoms. The molecule has 2 N–H and O–H groups in total. The number of aryl methyl sites for hydroxylation is 1. The Balaban J connectivity index is 1.44. The maximum absolute atomic E-state index is 5.23. The fourth-order valence-electron chi connectivity index (χ4n) is 3.70. The number of benzene rings is 3. The molecule has 3 aromatic carbocycles. The summed E-state index contributed by atoms with van der Waals surface area (Å²) in [6.45, 7) is 2.10. The molecular weight excluding hydrogens is 384 g/mol. The van der Waals surface area contributed by atoms with Crippen LogP contribution in [0.4, 0.5) is 0 Å². The van der Waals surface area contributed by atoms with Gasteiger partial charge in [-0.3, -0.25) is 10.2 Å². The maximum Gasteiger partial charge on any atom is 0.118 e. The maximum atomic E-state index is 5.23. The summed E-state index contributed by atoms with van der Waals surface area (Å²) in [5.74, 6) is 0.830. The highest BCUT2D eigenvalue weighted by atomic mass is 16.5. The number of rotatable bonds is 5. The summed E-state index contributed by atoms with van der Waals surface area (Å²) in [6.07, 6.45) is 0. The highest BCUT2D eigenvalue weighted by Gasteiger charge is 2.10. The molecule has 2 heterocycles. The molecule has 5 nitrogen and oxygen atoms in total. The van der Waals surface area contributed by atoms with Gasteiger partial charge < -0.3 is 4.74 Å². The quantitative estimate of drug-likeness (QED) is 0.370. The Morgan fingerprint density at radius 2 is 1.29 bits per heavy atom. The van der Waals surface area contributed by atoms with Gasteiger partial charge in [0.15, 0.2) is 0 Å². The first kappa shape index (κ1) is 18.9. The van der Waals surface area contributed by atoms with Crippen LogP contribution in [0.1, 0.15) is 5.56 Å². The van der Waals surface area contributed by atoms with Gasteiger partial charge in [-0.15, -0.1) is 0 Å². The van der Waals surface area contributed by atoms with Gasteiger partial charge in [0.1, 0.15) is 5.75 Å². The third-order valence-corrected chi connectivity index (χ3v) is 5.45. The lowest BCUT2D eigenvalue weighted by Crippen LogP contribution is -1.82. The van der Waals surface area contributed by atoms with Crippen LogP contribution < -0.4 is 4.74 Å². The standard InChI is InChI=1S/C26H22N4O/c1-17-6-3-4-9-22(17)26-16-25(29-30-26)20-8-5-7-19(14-20)24-15-23(27-28-24)18-10-12-21(31-2)13-11-18/h3-16H,1-2H3,(H,27,28)(H,29,30). The Kier molecular flexibility index (Phi) is 4.84. The zero-order valence-corrected chi connectivity index (χ0v) is 17.4. The second-order valence-corrected chi connectivity index (χ2v) is 7.46. The van der Waals surface area contributed by atoms with Gasteiger partial charge in [-0.2, -0.15) is 10.2 Å². The third-order valence-electron chi connectivity index (χ3n) is 5.45. The molecule has 0 aliphatic heterocycles. The molecule has 0 spiro atoms. The number of hydrogen-bond acceptors (Lipinski definition) is 3. The van der Waals surface area contributed by atoms with Crippen LogP contribution in [0.3, 0.4) is 0 Å². The van der Waals surface area contributed by atoms with Crippen molar-refractivity contribution in [3.8, 4) is 50.8 Å². The van der Waals surface area contributed by atoms with Crippen molar-refractivity contribution in [3.63, 3.8) is 0 Å². The number of nitrogens with one attached hydrogen (secondary N) is 2. The second-order valence-electron chi connectivity index (χ2n) is 7.46. The van der Waals surface area contributed by atoms with Crippen molar-refractivity contribution in [2.24, 2.45) is 0 Å². The molecule has 5 aromatic rings. The molecule has 0 aliphatic carbocycles. The van der Waals surface area contributed by atoms with Gasteiger partial charge in [-0.25, -0.2) is 0 Å². The summed E-state index contributed by atoms with van der Waals surface area (Å²) in [5, 5.41) is 15.4. The number of aromatic nitrogens is 4. The van der Waals surface area contributed by atoms with Crippen LogP contribution in [-0.4, -0.2) is 27.5 Å². The molecule has 0 atom stereocenters. The molecule has 0 aliphatic rings. The second kappa shape index (κ2) is 7.95. The number of hydrogen-bond donors (Lipinski definition) is 2. The van der Waals surface area contributed by atoms with Gasteiger partial charge in [0.2, 0.25) is 0 Å². The fraction of sp³-hybridized carbons (Fsp3) is 0.0769. The summed E-state index contributed by atoms with van der Waals surface area (Å²) >= 11 is 0. The molecule has 0 fully saturated rings. The van der Waals surface area contributed by atoms with E-state index in [1.807, 2.05) is 42.5 Å². The summed E-state index contributed by atoms with van der Waals surface area (Å²) in [6, 6.07) is 28.7. The van der Waals surface area contributed by atoms with Gasteiger partial charge in [0.25, 0.3) is 0 Å². The fourth-order valence-corrected chi connectivity index (χ4v) is 3.70. The minimum atomic E-state index is 0.830. The highest BCUT2D eigenvalue weighted by molar-refractivity contribution is 5.75. The number of H-pyrrole nitrogens is 2. The van der Waals surface area contributed by atoms with E-state index in [1.54, 1.807) is 7.11 Å². The highest BCUT2D eigenvalue weighted by Crippen LogP contribution is 2.30. The van der Waals surface area contributed by atoms with Gasteiger partial charge in [-0.05, 0) is 55.0 Å². The van der Waals surface area contributed by atoms with Crippen LogP contribution in [0.15, 0.2) is 84.9 Å². The van der Waals surface area contributed by atoms with E-state index in [2.05, 4.69) is 69.8 Å². The van der Waals surface area contributed by atoms with Crippen LogP contribution in [0.25, 0.3) is 45.0 Å². The average molecular weight is 406 g/mol. The molecule has 0 radical (unpaired) electrons. The van der Waals surface area contributed by atoms with E-state index in [-0.39, 0.29) is 0 Å². The predicted octanol–water partition coefficient (Wildman–Crippen LogP) is 6.12. The Hall–Kier alpha value is -4.12. The minimum absolute atomic E-state index is 0.830. The third kappa shape index (κ3) is 3.73. The van der Waals surface area contributed by atoms with Gasteiger partial charge in [0.05, 0.1) is 29.9 Å². The molecular formula is C26H22N4O. The van der Waals surface area contributed by atoms with E-state index in [9.17, 15) is 0 Å². The molecule has 2 aromatic heterocycles. The molecule has 5 rings (SSSR count). The lowest BCUT2D eigenvalue weighted by Gasteiger charge is -2.02. The van der Waals surface area contributed by atoms with Crippen LogP contribution >= 0.6 is 0 Å². The SMILES string of the molecule is COc1ccc(-c2cc(-c3cccc(-c4cc(-c5ccccc5C)n[nH]4)c3)[nH]n2)cc1. The van der Waals surface area contributed by atoms with E-state index >= 15 is 0 Å². The largest absolute Gasteiger partial charge is 0.497 e. The molecule has 0 bridgehead atoms. The van der Waals surface area contributed by atoms with Crippen LogP contribution in [0.2, 0.25) is 0 Å². The van der Waals surface area contributed by atoms with Crippen molar-refractivity contribution in [1.82, 2.24) is 20.4 Å². The van der Waals surface area contributed by atoms with E-state index in [0.29, 0.717) is 0 Å². The summed E-state index contributed by atoms with van der Waals surface area (Å²) < 4.78 is 5.23. The Bertz CT molecular complexity index is 1330. The lowest BCUT2D eigenvalue weighted by atomic mass is 10.0. The Morgan fingerprint density at radius 3 is 1.97 bits per heavy atom. The van der Waals surface area contributed by atoms with Crippen LogP contribution in [0.5, 0.6) is 5.75 Å². The van der Waals surface area contributed by atoms with Gasteiger partial charge >= 0.3 is 0 Å². The lowest BCUT2D eigenvalue weighted by molar-refractivity contribution is 0.415. The monoisotopic (exact) mass is 406 g/mol. The average Bonchev–Trinajstić information content (AvgIpc) is 3.50. The van der Waals surface area contributed by atoms with Gasteiger partial charge in [-0.1, -0.05) is 42.5 Å². The van der Waals surface area contributed by atoms with Crippen molar-refractivity contribution < 1.29 is 4.74 Å². The topological polar surface area (TPSA) is 66.6 Å². The number of aromatic amines is 2. The van der Waals surface area contributed by atoms with Crippen molar-refractivity contribution in [3.05, 3.63) is 90.5 Å². The van der Waals surface area contributed by atoms with Gasteiger partial charge in [0, 0.05) is 22.3 Å². The number of ether oxygens (including phenoxy) is 1. The van der Waals surface area contributed by atoms with Crippen molar-refractivity contribution in [1.29, 1.82) is 0 Å². The summed E-state index contributed by atoms with van der Waals surface area (Å²) in [7, 11) is 1.66. The number of nitrogens with zero attached hydrogens (tertiary/aromatic N) is 2. The van der Waals surface area contributed by atoms with E-state index < -0.39 is 0 Å². The van der Waals surface area contributed by atoms with Crippen LogP contribution in [0, 0.1) is 6.92 Å². The van der Waals surface area contributed by atoms with E-state index in [0.717, 1.165) is 50.8 Å². The summed E-state index contributed by atoms with van der Waals surface area (Å²) in [4.78, 5) is 0. The van der Waals surface area contributed by atoms with Crippen LogP contribution in [-0.2, 0) is 0 Å². The summed E-state index contributed by atoms with van der Waals surface area (Å²) in [5.41, 5.74) is 9.31. The molecule has 152 valence electrons. The zero-order valence-electron chi connectivity index (χ0n) is 17.4. The number of methoxy groups -OCH3 is 1. The Labute approximate surface area is 180 Å². The smallest absolute Gasteiger partial charge is 0.118 e. The van der Waals surface area contributed by atoms with E-state index in [4.69, 9.17) is 4.74 Å². The van der Waals surface area contributed by atoms with Crippen molar-refractivity contribution in [2.75, 3.05) is 7.11 Å². The van der Waals surface area contributed by atoms with Crippen molar-refractivity contribution >= 4 is 0 Å². The Morgan fingerprint density at radius 1 is 0.645 bits per heavy atom. The molecule has 0 saturated carbocycles. The predicted molar refractivity (Wildman–Crippen MR) is 124 cm³/mol. The molecule has 0 amide bonds. The molecule has 5 heteroatoms. The van der Waals surface area contributed by atoms with E-state index in [1.165, 1.54) is 5.56 Å². The first-order valence-electron chi connectivity index (χ1n) is 10.1. The zero-order chi connectivity index (χ0) is 21.2. The van der Waals surface area contributed by atoms with Crippen molar-refractivity contribution in [2.45, 2.75) is 6.92 Å². The molecule has 0 saturated heterocycles. The molecule has 0 unspecified atom stereocenters. The first-order chi connectivity index (χ1) is 15.2. The minimum Gasteiger partial charge on any atom is -0.497 e. The normalized spacial score (nSPS) is 10.9.